The van der Waals surface area contributed by atoms with Crippen molar-refractivity contribution in [2.24, 2.45) is 0 Å². The number of imidazole rings is 1. The average Bonchev–Trinajstić information content (AvgIpc) is 2.70. The summed E-state index contributed by atoms with van der Waals surface area (Å²) in [7, 11) is 0. The number of aromatic nitrogens is 2. The summed E-state index contributed by atoms with van der Waals surface area (Å²) < 4.78 is 42.3. The smallest absolute Gasteiger partial charge is 0.206 e. The molecule has 0 amide bonds. The largest absolute Gasteiger partial charge is 0.369 e. The summed E-state index contributed by atoms with van der Waals surface area (Å²) in [6.45, 7) is 0. The fourth-order valence-corrected chi connectivity index (χ4v) is 2.50. The summed E-state index contributed by atoms with van der Waals surface area (Å²) in [4.78, 5) is 3.93. The minimum Gasteiger partial charge on any atom is -0.369 e. The molecule has 21 heavy (non-hydrogen) atoms. The molecule has 3 rings (SSSR count). The van der Waals surface area contributed by atoms with E-state index in [9.17, 15) is 13.2 Å². The highest BCUT2D eigenvalue weighted by Gasteiger charge is 2.17. The molecular weight excluding hydrogens is 371 g/mol. The van der Waals surface area contributed by atoms with Crippen LogP contribution in [0.4, 0.5) is 19.1 Å². The molecule has 1 aromatic heterocycles. The Morgan fingerprint density at radius 1 is 1.05 bits per heavy atom. The Hall–Kier alpha value is -1.73. The van der Waals surface area contributed by atoms with Crippen LogP contribution >= 0.6 is 27.5 Å². The van der Waals surface area contributed by atoms with Crippen molar-refractivity contribution in [3.63, 3.8) is 0 Å². The molecule has 3 nitrogen and oxygen atoms in total. The van der Waals surface area contributed by atoms with E-state index in [1.54, 1.807) is 0 Å². The lowest BCUT2D eigenvalue weighted by Crippen LogP contribution is -2.04. The molecule has 0 aliphatic carbocycles. The lowest BCUT2D eigenvalue weighted by atomic mass is 10.2. The molecule has 2 aromatic carbocycles. The minimum absolute atomic E-state index is 0.0178. The van der Waals surface area contributed by atoms with Crippen molar-refractivity contribution in [3.8, 4) is 5.69 Å². The van der Waals surface area contributed by atoms with Gasteiger partial charge in [-0.2, -0.15) is 0 Å². The van der Waals surface area contributed by atoms with E-state index in [2.05, 4.69) is 20.9 Å². The van der Waals surface area contributed by atoms with Gasteiger partial charge in [0.1, 0.15) is 17.5 Å². The van der Waals surface area contributed by atoms with E-state index in [1.807, 2.05) is 0 Å². The maximum absolute atomic E-state index is 14.1. The highest BCUT2D eigenvalue weighted by molar-refractivity contribution is 9.10. The number of hydrogen-bond acceptors (Lipinski definition) is 2. The average molecular weight is 377 g/mol. The van der Waals surface area contributed by atoms with Gasteiger partial charge in [0.25, 0.3) is 0 Å². The molecule has 8 heteroatoms. The number of nitrogen functional groups attached to an aromatic ring is 1. The Balaban J connectivity index is 2.37. The summed E-state index contributed by atoms with van der Waals surface area (Å²) in [6.07, 6.45) is 0. The molecule has 0 saturated heterocycles. The van der Waals surface area contributed by atoms with Gasteiger partial charge in [-0.25, -0.2) is 18.2 Å². The highest BCUT2D eigenvalue weighted by atomic mass is 79.9. The molecule has 0 spiro atoms. The van der Waals surface area contributed by atoms with Crippen LogP contribution in [0.1, 0.15) is 0 Å². The van der Waals surface area contributed by atoms with Gasteiger partial charge >= 0.3 is 0 Å². The number of halogens is 5. The Kier molecular flexibility index (Phi) is 3.33. The first-order valence-corrected chi connectivity index (χ1v) is 6.83. The third-order valence-corrected chi connectivity index (χ3v) is 3.85. The third-order valence-electron chi connectivity index (χ3n) is 2.95. The molecule has 0 saturated carbocycles. The van der Waals surface area contributed by atoms with E-state index in [-0.39, 0.29) is 32.2 Å². The second kappa shape index (κ2) is 4.92. The van der Waals surface area contributed by atoms with Gasteiger partial charge in [0.2, 0.25) is 5.95 Å². The number of nitrogens with two attached hydrogens (primary N) is 1. The molecule has 0 aliphatic rings. The summed E-state index contributed by atoms with van der Waals surface area (Å²) in [5.41, 5.74) is 6.06. The topological polar surface area (TPSA) is 43.8 Å². The maximum Gasteiger partial charge on any atom is 0.206 e. The van der Waals surface area contributed by atoms with Gasteiger partial charge in [-0.05, 0) is 28.1 Å². The third kappa shape index (κ3) is 2.26. The maximum atomic E-state index is 14.1. The first kappa shape index (κ1) is 14.2. The highest BCUT2D eigenvalue weighted by Crippen LogP contribution is 2.30. The molecule has 0 radical (unpaired) electrons. The van der Waals surface area contributed by atoms with Gasteiger partial charge in [-0.1, -0.05) is 11.6 Å². The van der Waals surface area contributed by atoms with Gasteiger partial charge in [0.05, 0.1) is 26.2 Å². The molecule has 0 unspecified atom stereocenters. The number of rotatable bonds is 1. The number of anilines is 1. The van der Waals surface area contributed by atoms with Crippen LogP contribution in [-0.4, -0.2) is 9.55 Å². The predicted octanol–water partition coefficient (Wildman–Crippen LogP) is 4.44. The SMILES string of the molecule is Nc1nc2cc(F)c(Cl)cc2n1-c1cc(F)c(Br)cc1F. The predicted molar refractivity (Wildman–Crippen MR) is 78.1 cm³/mol. The summed E-state index contributed by atoms with van der Waals surface area (Å²) in [5.74, 6) is -2.15. The van der Waals surface area contributed by atoms with E-state index in [4.69, 9.17) is 17.3 Å². The fourth-order valence-electron chi connectivity index (χ4n) is 2.03. The molecule has 1 heterocycles. The van der Waals surface area contributed by atoms with Crippen LogP contribution in [0.2, 0.25) is 5.02 Å². The van der Waals surface area contributed by atoms with Crippen LogP contribution in [0.15, 0.2) is 28.7 Å². The van der Waals surface area contributed by atoms with E-state index < -0.39 is 17.5 Å². The van der Waals surface area contributed by atoms with Crippen molar-refractivity contribution in [3.05, 3.63) is 51.2 Å². The molecule has 108 valence electrons. The van der Waals surface area contributed by atoms with Gasteiger partial charge in [0, 0.05) is 12.1 Å². The first-order valence-electron chi connectivity index (χ1n) is 5.66. The van der Waals surface area contributed by atoms with Crippen molar-refractivity contribution in [2.75, 3.05) is 5.73 Å². The van der Waals surface area contributed by atoms with E-state index in [1.165, 1.54) is 10.6 Å². The Morgan fingerprint density at radius 2 is 1.76 bits per heavy atom. The molecule has 0 aliphatic heterocycles. The van der Waals surface area contributed by atoms with Gasteiger partial charge in [0.15, 0.2) is 0 Å². The number of nitrogens with zero attached hydrogens (tertiary/aromatic N) is 2. The van der Waals surface area contributed by atoms with Gasteiger partial charge in [-0.15, -0.1) is 0 Å². The zero-order chi connectivity index (χ0) is 15.3. The molecule has 0 atom stereocenters. The van der Waals surface area contributed by atoms with Crippen molar-refractivity contribution in [1.29, 1.82) is 0 Å². The van der Waals surface area contributed by atoms with Crippen molar-refractivity contribution in [1.82, 2.24) is 9.55 Å². The molecule has 0 fully saturated rings. The number of benzene rings is 2. The van der Waals surface area contributed by atoms with E-state index in [0.717, 1.165) is 18.2 Å². The van der Waals surface area contributed by atoms with Crippen molar-refractivity contribution < 1.29 is 13.2 Å². The van der Waals surface area contributed by atoms with Gasteiger partial charge < -0.3 is 5.73 Å². The van der Waals surface area contributed by atoms with E-state index in [0.29, 0.717) is 0 Å². The Bertz CT molecular complexity index is 879. The summed E-state index contributed by atoms with van der Waals surface area (Å²) >= 11 is 8.61. The standard InChI is InChI=1S/C13H6BrClF3N3/c14-5-1-9(18)11(4-7(5)16)21-12-2-6(15)8(17)3-10(12)20-13(21)19/h1-4H,(H2,19,20). The summed E-state index contributed by atoms with van der Waals surface area (Å²) in [6, 6.07) is 4.28. The van der Waals surface area contributed by atoms with Crippen LogP contribution in [0.3, 0.4) is 0 Å². The molecule has 0 bridgehead atoms. The molecule has 3 aromatic rings. The zero-order valence-corrected chi connectivity index (χ0v) is 12.5. The second-order valence-electron chi connectivity index (χ2n) is 4.28. The van der Waals surface area contributed by atoms with Crippen LogP contribution in [0, 0.1) is 17.5 Å². The quantitative estimate of drug-likeness (QED) is 0.638. The van der Waals surface area contributed by atoms with Crippen LogP contribution < -0.4 is 5.73 Å². The number of fused-ring (bicyclic) bond motifs is 1. The van der Waals surface area contributed by atoms with Crippen LogP contribution in [0.5, 0.6) is 0 Å². The van der Waals surface area contributed by atoms with Crippen LogP contribution in [0.25, 0.3) is 16.7 Å². The monoisotopic (exact) mass is 375 g/mol. The van der Waals surface area contributed by atoms with Crippen molar-refractivity contribution >= 4 is 44.5 Å². The normalized spacial score (nSPS) is 11.3. The minimum atomic E-state index is -0.713. The first-order chi connectivity index (χ1) is 9.88. The molecular formula is C13H6BrClF3N3. The van der Waals surface area contributed by atoms with Gasteiger partial charge in [-0.3, -0.25) is 4.57 Å². The Morgan fingerprint density at radius 3 is 2.48 bits per heavy atom. The second-order valence-corrected chi connectivity index (χ2v) is 5.54. The number of hydrogen-bond donors (Lipinski definition) is 1. The Labute approximate surface area is 130 Å². The van der Waals surface area contributed by atoms with E-state index >= 15 is 0 Å². The summed E-state index contributed by atoms with van der Waals surface area (Å²) in [5, 5.41) is -0.165. The lowest BCUT2D eigenvalue weighted by Gasteiger charge is -2.09. The van der Waals surface area contributed by atoms with Crippen molar-refractivity contribution in [2.45, 2.75) is 0 Å². The fraction of sp³-hybridized carbons (Fsp3) is 0. The lowest BCUT2D eigenvalue weighted by molar-refractivity contribution is 0.588. The molecule has 2 N–H and O–H groups in total. The zero-order valence-electron chi connectivity index (χ0n) is 10.2. The van der Waals surface area contributed by atoms with Crippen LogP contribution in [-0.2, 0) is 0 Å².